The van der Waals surface area contributed by atoms with Crippen molar-refractivity contribution in [2.45, 2.75) is 65.5 Å². The maximum Gasteiger partial charge on any atom is 0.306 e. The first kappa shape index (κ1) is 23.9. The second kappa shape index (κ2) is 11.1. The Bertz CT molecular complexity index is 1020. The fourth-order valence-corrected chi connectivity index (χ4v) is 3.54. The number of aromatic nitrogens is 1. The van der Waals surface area contributed by atoms with Gasteiger partial charge in [0, 0.05) is 12.1 Å². The second-order valence-corrected chi connectivity index (χ2v) is 7.56. The van der Waals surface area contributed by atoms with Gasteiger partial charge in [0.2, 0.25) is 0 Å². The standard InChI is InChI=1S/C24H29N3O4/c1-5-9-21(18-10-7-6-8-11-18)27-23(29)17(4)31-22(28)13-12-19-15(2)20(14-25)24(30)26-16(19)3/h6-8,10-11,17,21H,5,9,12-13H2,1-4H3,(H,26,30)(H,27,29)/t17-,21-/m1/s1. The van der Waals surface area contributed by atoms with E-state index in [9.17, 15) is 14.4 Å². The van der Waals surface area contributed by atoms with E-state index in [1.54, 1.807) is 20.8 Å². The third-order valence-corrected chi connectivity index (χ3v) is 5.27. The average molecular weight is 424 g/mol. The van der Waals surface area contributed by atoms with Crippen molar-refractivity contribution >= 4 is 11.9 Å². The number of H-pyrrole nitrogens is 1. The van der Waals surface area contributed by atoms with Crippen molar-refractivity contribution in [1.29, 1.82) is 5.26 Å². The summed E-state index contributed by atoms with van der Waals surface area (Å²) in [5, 5.41) is 12.1. The van der Waals surface area contributed by atoms with Crippen LogP contribution < -0.4 is 10.9 Å². The first-order valence-electron chi connectivity index (χ1n) is 10.5. The normalized spacial score (nSPS) is 12.5. The molecule has 0 radical (unpaired) electrons. The van der Waals surface area contributed by atoms with Crippen LogP contribution in [0.1, 0.15) is 67.1 Å². The molecule has 1 heterocycles. The average Bonchev–Trinajstić information content (AvgIpc) is 2.73. The number of aromatic amines is 1. The zero-order valence-electron chi connectivity index (χ0n) is 18.5. The molecule has 2 aromatic rings. The molecule has 7 nitrogen and oxygen atoms in total. The molecule has 7 heteroatoms. The van der Waals surface area contributed by atoms with Crippen molar-refractivity contribution in [3.8, 4) is 6.07 Å². The van der Waals surface area contributed by atoms with E-state index in [0.717, 1.165) is 24.0 Å². The summed E-state index contributed by atoms with van der Waals surface area (Å²) in [6.07, 6.45) is 1.09. The number of esters is 1. The molecule has 164 valence electrons. The summed E-state index contributed by atoms with van der Waals surface area (Å²) >= 11 is 0. The Morgan fingerprint density at radius 2 is 1.90 bits per heavy atom. The molecule has 1 aromatic heterocycles. The van der Waals surface area contributed by atoms with Gasteiger partial charge in [-0.1, -0.05) is 43.7 Å². The number of rotatable bonds is 9. The predicted octanol–water partition coefficient (Wildman–Crippen LogP) is 3.39. The molecule has 1 amide bonds. The number of nitriles is 1. The molecule has 0 spiro atoms. The third-order valence-electron chi connectivity index (χ3n) is 5.27. The highest BCUT2D eigenvalue weighted by Gasteiger charge is 2.22. The van der Waals surface area contributed by atoms with Gasteiger partial charge in [-0.05, 0) is 50.3 Å². The number of hydrogen-bond acceptors (Lipinski definition) is 5. The van der Waals surface area contributed by atoms with Crippen molar-refractivity contribution in [3.05, 3.63) is 68.6 Å². The zero-order chi connectivity index (χ0) is 23.0. The quantitative estimate of drug-likeness (QED) is 0.601. The van der Waals surface area contributed by atoms with Crippen molar-refractivity contribution in [3.63, 3.8) is 0 Å². The molecule has 31 heavy (non-hydrogen) atoms. The van der Waals surface area contributed by atoms with Gasteiger partial charge < -0.3 is 15.0 Å². The molecule has 2 atom stereocenters. The molecular formula is C24H29N3O4. The number of carbonyl (C=O) groups excluding carboxylic acids is 2. The number of pyridine rings is 1. The van der Waals surface area contributed by atoms with Gasteiger partial charge in [0.05, 0.1) is 6.04 Å². The van der Waals surface area contributed by atoms with E-state index in [1.165, 1.54) is 0 Å². The molecular weight excluding hydrogens is 394 g/mol. The summed E-state index contributed by atoms with van der Waals surface area (Å²) in [4.78, 5) is 39.4. The number of ether oxygens (including phenoxy) is 1. The van der Waals surface area contributed by atoms with E-state index in [4.69, 9.17) is 10.00 Å². The monoisotopic (exact) mass is 423 g/mol. The SMILES string of the molecule is CCC[C@@H](NC(=O)[C@@H](C)OC(=O)CCc1c(C)[nH]c(=O)c(C#N)c1C)c1ccccc1. The fourth-order valence-electron chi connectivity index (χ4n) is 3.54. The summed E-state index contributed by atoms with van der Waals surface area (Å²) in [7, 11) is 0. The van der Waals surface area contributed by atoms with Crippen LogP contribution in [0.25, 0.3) is 0 Å². The topological polar surface area (TPSA) is 112 Å². The number of nitrogens with zero attached hydrogens (tertiary/aromatic N) is 1. The van der Waals surface area contributed by atoms with Crippen molar-refractivity contribution in [2.24, 2.45) is 0 Å². The summed E-state index contributed by atoms with van der Waals surface area (Å²) in [5.41, 5.74) is 2.53. The number of nitrogens with one attached hydrogen (secondary N) is 2. The lowest BCUT2D eigenvalue weighted by molar-refractivity contribution is -0.155. The highest BCUT2D eigenvalue weighted by molar-refractivity contribution is 5.83. The Morgan fingerprint density at radius 3 is 2.52 bits per heavy atom. The number of carbonyl (C=O) groups is 2. The van der Waals surface area contributed by atoms with Crippen molar-refractivity contribution in [2.75, 3.05) is 0 Å². The van der Waals surface area contributed by atoms with Gasteiger partial charge in [-0.2, -0.15) is 5.26 Å². The number of benzene rings is 1. The zero-order valence-corrected chi connectivity index (χ0v) is 18.5. The highest BCUT2D eigenvalue weighted by atomic mass is 16.5. The molecule has 0 unspecified atom stereocenters. The lowest BCUT2D eigenvalue weighted by Gasteiger charge is -2.21. The maximum absolute atomic E-state index is 12.6. The maximum atomic E-state index is 12.6. The van der Waals surface area contributed by atoms with Crippen LogP contribution in [0, 0.1) is 25.2 Å². The number of amides is 1. The fraction of sp³-hybridized carbons (Fsp3) is 0.417. The molecule has 2 N–H and O–H groups in total. The van der Waals surface area contributed by atoms with Crippen molar-refractivity contribution < 1.29 is 14.3 Å². The van der Waals surface area contributed by atoms with Crippen LogP contribution in [-0.4, -0.2) is 23.0 Å². The molecule has 0 saturated carbocycles. The first-order chi connectivity index (χ1) is 14.8. The molecule has 2 rings (SSSR count). The van der Waals surface area contributed by atoms with E-state index < -0.39 is 17.6 Å². The molecule has 0 bridgehead atoms. The minimum absolute atomic E-state index is 0.0350. The van der Waals surface area contributed by atoms with E-state index in [-0.39, 0.29) is 23.9 Å². The molecule has 0 saturated heterocycles. The summed E-state index contributed by atoms with van der Waals surface area (Å²) in [6.45, 7) is 7.01. The van der Waals surface area contributed by atoms with E-state index in [1.807, 2.05) is 43.3 Å². The van der Waals surface area contributed by atoms with Crippen LogP contribution >= 0.6 is 0 Å². The summed E-state index contributed by atoms with van der Waals surface area (Å²) in [5.74, 6) is -0.864. The van der Waals surface area contributed by atoms with Crippen LogP contribution in [0.4, 0.5) is 0 Å². The van der Waals surface area contributed by atoms with Gasteiger partial charge in [0.15, 0.2) is 6.10 Å². The Kier molecular flexibility index (Phi) is 8.56. The predicted molar refractivity (Wildman–Crippen MR) is 117 cm³/mol. The Balaban J connectivity index is 1.97. The molecule has 0 aliphatic carbocycles. The van der Waals surface area contributed by atoms with Gasteiger partial charge in [-0.3, -0.25) is 14.4 Å². The van der Waals surface area contributed by atoms with Crippen LogP contribution in [0.5, 0.6) is 0 Å². The van der Waals surface area contributed by atoms with E-state index >= 15 is 0 Å². The van der Waals surface area contributed by atoms with E-state index in [2.05, 4.69) is 10.3 Å². The number of hydrogen-bond donors (Lipinski definition) is 2. The first-order valence-corrected chi connectivity index (χ1v) is 10.5. The largest absolute Gasteiger partial charge is 0.453 e. The summed E-state index contributed by atoms with van der Waals surface area (Å²) in [6, 6.07) is 11.4. The Labute approximate surface area is 182 Å². The Hall–Kier alpha value is -3.40. The van der Waals surface area contributed by atoms with Crippen molar-refractivity contribution in [1.82, 2.24) is 10.3 Å². The third kappa shape index (κ3) is 6.29. The molecule has 1 aromatic carbocycles. The lowest BCUT2D eigenvalue weighted by Crippen LogP contribution is -2.38. The highest BCUT2D eigenvalue weighted by Crippen LogP contribution is 2.19. The lowest BCUT2D eigenvalue weighted by atomic mass is 9.99. The minimum Gasteiger partial charge on any atom is -0.453 e. The van der Waals surface area contributed by atoms with Crippen LogP contribution in [-0.2, 0) is 20.7 Å². The minimum atomic E-state index is -0.928. The summed E-state index contributed by atoms with van der Waals surface area (Å²) < 4.78 is 5.32. The second-order valence-electron chi connectivity index (χ2n) is 7.56. The van der Waals surface area contributed by atoms with Gasteiger partial charge in [-0.25, -0.2) is 0 Å². The molecule has 0 aliphatic heterocycles. The Morgan fingerprint density at radius 1 is 1.23 bits per heavy atom. The van der Waals surface area contributed by atoms with Gasteiger partial charge in [-0.15, -0.1) is 0 Å². The number of aryl methyl sites for hydroxylation is 1. The van der Waals surface area contributed by atoms with Gasteiger partial charge in [0.25, 0.3) is 11.5 Å². The molecule has 0 fully saturated rings. The van der Waals surface area contributed by atoms with Gasteiger partial charge >= 0.3 is 5.97 Å². The van der Waals surface area contributed by atoms with Crippen LogP contribution in [0.2, 0.25) is 0 Å². The molecule has 0 aliphatic rings. The smallest absolute Gasteiger partial charge is 0.306 e. The van der Waals surface area contributed by atoms with Crippen LogP contribution in [0.15, 0.2) is 35.1 Å². The van der Waals surface area contributed by atoms with Gasteiger partial charge in [0.1, 0.15) is 11.6 Å². The van der Waals surface area contributed by atoms with Crippen LogP contribution in [0.3, 0.4) is 0 Å². The van der Waals surface area contributed by atoms with E-state index in [0.29, 0.717) is 17.7 Å².